The Balaban J connectivity index is 1.72. The van der Waals surface area contributed by atoms with Gasteiger partial charge in [0.2, 0.25) is 0 Å². The zero-order chi connectivity index (χ0) is 14.4. The topological polar surface area (TPSA) is 57.7 Å². The Labute approximate surface area is 123 Å². The Morgan fingerprint density at radius 3 is 3.25 bits per heavy atom. The zero-order valence-corrected chi connectivity index (χ0v) is 12.9. The van der Waals surface area contributed by atoms with Crippen LogP contribution >= 0.6 is 11.3 Å². The fourth-order valence-electron chi connectivity index (χ4n) is 2.29. The summed E-state index contributed by atoms with van der Waals surface area (Å²) in [5, 5.41) is 5.04. The van der Waals surface area contributed by atoms with Gasteiger partial charge in [-0.3, -0.25) is 4.90 Å². The van der Waals surface area contributed by atoms with E-state index in [1.807, 2.05) is 5.38 Å². The second-order valence-electron chi connectivity index (χ2n) is 5.06. The molecule has 1 aromatic heterocycles. The molecule has 6 nitrogen and oxygen atoms in total. The molecule has 2 rings (SSSR count). The average Bonchev–Trinajstić information content (AvgIpc) is 3.08. The molecule has 2 amide bonds. The number of amides is 2. The maximum atomic E-state index is 12.1. The van der Waals surface area contributed by atoms with E-state index >= 15 is 0 Å². The Morgan fingerprint density at radius 1 is 1.70 bits per heavy atom. The number of rotatable bonds is 6. The third-order valence-corrected chi connectivity index (χ3v) is 4.08. The van der Waals surface area contributed by atoms with Gasteiger partial charge < -0.3 is 15.0 Å². The highest BCUT2D eigenvalue weighted by Gasteiger charge is 2.24. The standard InChI is InChI=1S/C13H22N4O2S/c1-16(7-12-9-20-10-14-12)13(18)15-11-3-4-17(8-11)5-6-19-2/h9-11H,3-8H2,1-2H3,(H,15,18). The molecule has 1 saturated heterocycles. The first-order chi connectivity index (χ1) is 9.69. The summed E-state index contributed by atoms with van der Waals surface area (Å²) >= 11 is 1.55. The number of likely N-dealkylation sites (tertiary alicyclic amines) is 1. The lowest BCUT2D eigenvalue weighted by molar-refractivity contribution is 0.159. The van der Waals surface area contributed by atoms with Crippen molar-refractivity contribution in [3.8, 4) is 0 Å². The molecule has 1 atom stereocenters. The molecule has 0 spiro atoms. The van der Waals surface area contributed by atoms with E-state index < -0.39 is 0 Å². The third kappa shape index (κ3) is 4.43. The molecule has 0 bridgehead atoms. The van der Waals surface area contributed by atoms with Crippen LogP contribution < -0.4 is 5.32 Å². The van der Waals surface area contributed by atoms with Crippen molar-refractivity contribution in [1.82, 2.24) is 20.1 Å². The number of aromatic nitrogens is 1. The van der Waals surface area contributed by atoms with E-state index in [1.54, 1.807) is 35.9 Å². The lowest BCUT2D eigenvalue weighted by atomic mass is 10.3. The largest absolute Gasteiger partial charge is 0.383 e. The minimum Gasteiger partial charge on any atom is -0.383 e. The van der Waals surface area contributed by atoms with Crippen molar-refractivity contribution in [2.75, 3.05) is 40.4 Å². The predicted molar refractivity (Wildman–Crippen MR) is 78.8 cm³/mol. The molecule has 0 radical (unpaired) electrons. The average molecular weight is 298 g/mol. The van der Waals surface area contributed by atoms with Gasteiger partial charge in [-0.1, -0.05) is 0 Å². The monoisotopic (exact) mass is 298 g/mol. The number of ether oxygens (including phenoxy) is 1. The summed E-state index contributed by atoms with van der Waals surface area (Å²) in [6.45, 7) is 4.14. The van der Waals surface area contributed by atoms with Crippen molar-refractivity contribution in [2.45, 2.75) is 19.0 Å². The van der Waals surface area contributed by atoms with Gasteiger partial charge in [0, 0.05) is 45.2 Å². The SMILES string of the molecule is COCCN1CCC(NC(=O)N(C)Cc2cscn2)C1. The minimum absolute atomic E-state index is 0.0309. The molecule has 0 aromatic carbocycles. The Bertz CT molecular complexity index is 413. The lowest BCUT2D eigenvalue weighted by Crippen LogP contribution is -2.44. The van der Waals surface area contributed by atoms with Crippen molar-refractivity contribution in [3.05, 3.63) is 16.6 Å². The first-order valence-corrected chi connectivity index (χ1v) is 7.73. The molecule has 1 aliphatic heterocycles. The molecule has 7 heteroatoms. The van der Waals surface area contributed by atoms with Gasteiger partial charge in [-0.25, -0.2) is 9.78 Å². The highest BCUT2D eigenvalue weighted by molar-refractivity contribution is 7.07. The third-order valence-electron chi connectivity index (χ3n) is 3.44. The number of methoxy groups -OCH3 is 1. The van der Waals surface area contributed by atoms with Gasteiger partial charge in [0.05, 0.1) is 24.4 Å². The van der Waals surface area contributed by atoms with Crippen LogP contribution in [0.4, 0.5) is 4.79 Å². The highest BCUT2D eigenvalue weighted by Crippen LogP contribution is 2.10. The summed E-state index contributed by atoms with van der Waals surface area (Å²) in [5.41, 5.74) is 2.71. The van der Waals surface area contributed by atoms with Crippen LogP contribution in [0.15, 0.2) is 10.9 Å². The number of carbonyl (C=O) groups excluding carboxylic acids is 1. The van der Waals surface area contributed by atoms with Crippen LogP contribution in [-0.4, -0.2) is 67.3 Å². The van der Waals surface area contributed by atoms with Crippen LogP contribution in [0.1, 0.15) is 12.1 Å². The number of nitrogens with one attached hydrogen (secondary N) is 1. The summed E-state index contributed by atoms with van der Waals surface area (Å²) in [6.07, 6.45) is 1.000. The summed E-state index contributed by atoms with van der Waals surface area (Å²) in [4.78, 5) is 20.3. The van der Waals surface area contributed by atoms with Gasteiger partial charge in [-0.15, -0.1) is 11.3 Å². The first kappa shape index (κ1) is 15.2. The second-order valence-corrected chi connectivity index (χ2v) is 5.78. The van der Waals surface area contributed by atoms with Crippen LogP contribution in [0.5, 0.6) is 0 Å². The van der Waals surface area contributed by atoms with Crippen LogP contribution in [0.25, 0.3) is 0 Å². The second kappa shape index (κ2) is 7.56. The van der Waals surface area contributed by atoms with Crippen molar-refractivity contribution in [2.24, 2.45) is 0 Å². The first-order valence-electron chi connectivity index (χ1n) is 6.79. The van der Waals surface area contributed by atoms with Gasteiger partial charge in [0.15, 0.2) is 0 Å². The lowest BCUT2D eigenvalue weighted by Gasteiger charge is -2.21. The molecule has 1 aromatic rings. The van der Waals surface area contributed by atoms with Gasteiger partial charge in [-0.2, -0.15) is 0 Å². The van der Waals surface area contributed by atoms with Gasteiger partial charge in [0.25, 0.3) is 0 Å². The number of urea groups is 1. The number of hydrogen-bond acceptors (Lipinski definition) is 5. The van der Waals surface area contributed by atoms with E-state index in [1.165, 1.54) is 0 Å². The summed E-state index contributed by atoms with van der Waals surface area (Å²) in [6, 6.07) is 0.203. The number of nitrogens with zero attached hydrogens (tertiary/aromatic N) is 3. The van der Waals surface area contributed by atoms with Crippen LogP contribution in [-0.2, 0) is 11.3 Å². The van der Waals surface area contributed by atoms with E-state index in [0.717, 1.165) is 38.4 Å². The molecule has 1 aliphatic rings. The Kier molecular flexibility index (Phi) is 5.75. The fourth-order valence-corrected chi connectivity index (χ4v) is 2.84. The smallest absolute Gasteiger partial charge is 0.317 e. The summed E-state index contributed by atoms with van der Waals surface area (Å²) < 4.78 is 5.07. The predicted octanol–water partition coefficient (Wildman–Crippen LogP) is 1.01. The van der Waals surface area contributed by atoms with Gasteiger partial charge in [0.1, 0.15) is 0 Å². The molecule has 112 valence electrons. The minimum atomic E-state index is -0.0309. The van der Waals surface area contributed by atoms with E-state index in [-0.39, 0.29) is 12.1 Å². The van der Waals surface area contributed by atoms with Crippen molar-refractivity contribution in [3.63, 3.8) is 0 Å². The molecule has 1 N–H and O–H groups in total. The van der Waals surface area contributed by atoms with Gasteiger partial charge in [-0.05, 0) is 6.42 Å². The highest BCUT2D eigenvalue weighted by atomic mass is 32.1. The maximum absolute atomic E-state index is 12.1. The molecular weight excluding hydrogens is 276 g/mol. The van der Waals surface area contributed by atoms with Crippen LogP contribution in [0, 0.1) is 0 Å². The Morgan fingerprint density at radius 2 is 2.55 bits per heavy atom. The number of hydrogen-bond donors (Lipinski definition) is 1. The van der Waals surface area contributed by atoms with Crippen LogP contribution in [0.2, 0.25) is 0 Å². The fraction of sp³-hybridized carbons (Fsp3) is 0.692. The van der Waals surface area contributed by atoms with E-state index in [4.69, 9.17) is 4.74 Å². The maximum Gasteiger partial charge on any atom is 0.317 e. The number of thiazole rings is 1. The quantitative estimate of drug-likeness (QED) is 0.851. The van der Waals surface area contributed by atoms with Crippen LogP contribution in [0.3, 0.4) is 0 Å². The summed E-state index contributed by atoms with van der Waals surface area (Å²) in [7, 11) is 3.51. The van der Waals surface area contributed by atoms with Crippen molar-refractivity contribution in [1.29, 1.82) is 0 Å². The molecule has 0 saturated carbocycles. The molecule has 20 heavy (non-hydrogen) atoms. The van der Waals surface area contributed by atoms with Crippen molar-refractivity contribution >= 4 is 17.4 Å². The number of carbonyl (C=O) groups is 1. The normalized spacial score (nSPS) is 19.2. The molecular formula is C13H22N4O2S. The molecule has 2 heterocycles. The molecule has 0 aliphatic carbocycles. The zero-order valence-electron chi connectivity index (χ0n) is 12.0. The Hall–Kier alpha value is -1.18. The van der Waals surface area contributed by atoms with E-state index in [9.17, 15) is 4.79 Å². The van der Waals surface area contributed by atoms with Gasteiger partial charge >= 0.3 is 6.03 Å². The van der Waals surface area contributed by atoms with E-state index in [0.29, 0.717) is 6.54 Å². The van der Waals surface area contributed by atoms with Crippen molar-refractivity contribution < 1.29 is 9.53 Å². The van der Waals surface area contributed by atoms with E-state index in [2.05, 4.69) is 15.2 Å². The summed E-state index contributed by atoms with van der Waals surface area (Å²) in [5.74, 6) is 0. The molecule has 1 unspecified atom stereocenters. The molecule has 1 fully saturated rings.